The predicted octanol–water partition coefficient (Wildman–Crippen LogP) is 4.86. The fourth-order valence-electron chi connectivity index (χ4n) is 5.71. The molecule has 2 aliphatic heterocycles. The van der Waals surface area contributed by atoms with E-state index in [1.807, 2.05) is 24.3 Å². The van der Waals surface area contributed by atoms with Gasteiger partial charge in [-0.2, -0.15) is 0 Å². The summed E-state index contributed by atoms with van der Waals surface area (Å²) in [5.74, 6) is -0.448. The number of allylic oxidation sites excluding steroid dienone is 1. The smallest absolute Gasteiger partial charge is 0.257 e. The number of amides is 1. The van der Waals surface area contributed by atoms with Crippen LogP contribution in [0.5, 0.6) is 0 Å². The maximum atomic E-state index is 13.7. The van der Waals surface area contributed by atoms with Crippen molar-refractivity contribution in [2.75, 3.05) is 13.2 Å². The zero-order chi connectivity index (χ0) is 23.8. The van der Waals surface area contributed by atoms with Crippen LogP contribution < -0.4 is 0 Å². The highest BCUT2D eigenvalue weighted by Crippen LogP contribution is 2.42. The van der Waals surface area contributed by atoms with Gasteiger partial charge in [-0.1, -0.05) is 42.5 Å². The van der Waals surface area contributed by atoms with Crippen LogP contribution in [0.3, 0.4) is 0 Å². The van der Waals surface area contributed by atoms with E-state index >= 15 is 0 Å². The van der Waals surface area contributed by atoms with Gasteiger partial charge in [-0.05, 0) is 72.4 Å². The summed E-state index contributed by atoms with van der Waals surface area (Å²) in [5, 5.41) is 12.2. The normalized spacial score (nSPS) is 23.7. The molecule has 5 heteroatoms. The minimum atomic E-state index is -0.452. The highest BCUT2D eigenvalue weighted by Gasteiger charge is 2.40. The Hall–Kier alpha value is -3.15. The van der Waals surface area contributed by atoms with Gasteiger partial charge in [0, 0.05) is 36.9 Å². The lowest BCUT2D eigenvalue weighted by molar-refractivity contribution is -0.118. The Morgan fingerprint density at radius 2 is 1.79 bits per heavy atom. The number of rotatable bonds is 5. The first-order valence-corrected chi connectivity index (χ1v) is 12.1. The number of aliphatic hydroxyl groups excluding tert-OH is 1. The van der Waals surface area contributed by atoms with Crippen molar-refractivity contribution in [1.82, 2.24) is 9.88 Å². The minimum absolute atomic E-state index is 0.0955. The number of dihydropyridines is 1. The van der Waals surface area contributed by atoms with Crippen molar-refractivity contribution in [1.29, 1.82) is 0 Å². The number of aliphatic hydroxyl groups is 1. The molecular formula is C29H31N3O2. The molecule has 1 aromatic heterocycles. The highest BCUT2D eigenvalue weighted by molar-refractivity contribution is 6.20. The van der Waals surface area contributed by atoms with Gasteiger partial charge in [0.1, 0.15) is 0 Å². The number of carbonyl (C=O) groups excluding carboxylic acids is 1. The van der Waals surface area contributed by atoms with Gasteiger partial charge in [-0.3, -0.25) is 14.7 Å². The van der Waals surface area contributed by atoms with Gasteiger partial charge in [0.2, 0.25) is 0 Å². The second-order valence-electron chi connectivity index (χ2n) is 9.71. The molecule has 1 amide bonds. The lowest BCUT2D eigenvalue weighted by atomic mass is 9.78. The SMILES string of the molecule is CC1=C(c2ccncc2)C(c2ccc3ccccc3c2)C(=O)N=C1C1CC(CO)N(C(C)C)C1. The minimum Gasteiger partial charge on any atom is -0.395 e. The third kappa shape index (κ3) is 3.99. The topological polar surface area (TPSA) is 65.8 Å². The van der Waals surface area contributed by atoms with Crippen molar-refractivity contribution in [3.63, 3.8) is 0 Å². The van der Waals surface area contributed by atoms with Crippen LogP contribution in [0, 0.1) is 5.92 Å². The van der Waals surface area contributed by atoms with Crippen LogP contribution in [0.15, 0.2) is 77.6 Å². The van der Waals surface area contributed by atoms with E-state index in [1.54, 1.807) is 12.4 Å². The van der Waals surface area contributed by atoms with Gasteiger partial charge in [0.05, 0.1) is 18.2 Å². The number of aromatic nitrogens is 1. The predicted molar refractivity (Wildman–Crippen MR) is 137 cm³/mol. The summed E-state index contributed by atoms with van der Waals surface area (Å²) >= 11 is 0. The summed E-state index contributed by atoms with van der Waals surface area (Å²) in [7, 11) is 0. The molecule has 0 saturated carbocycles. The third-order valence-corrected chi connectivity index (χ3v) is 7.37. The lowest BCUT2D eigenvalue weighted by Crippen LogP contribution is -2.38. The molecule has 1 N–H and O–H groups in total. The average molecular weight is 454 g/mol. The number of nitrogens with zero attached hydrogens (tertiary/aromatic N) is 3. The summed E-state index contributed by atoms with van der Waals surface area (Å²) in [4.78, 5) is 24.9. The van der Waals surface area contributed by atoms with Crippen molar-refractivity contribution in [2.24, 2.45) is 10.9 Å². The Bertz CT molecular complexity index is 1280. The first-order chi connectivity index (χ1) is 16.5. The molecule has 174 valence electrons. The Morgan fingerprint density at radius 1 is 1.06 bits per heavy atom. The van der Waals surface area contributed by atoms with Crippen LogP contribution in [0.1, 0.15) is 44.2 Å². The molecule has 3 heterocycles. The Labute approximate surface area is 200 Å². The summed E-state index contributed by atoms with van der Waals surface area (Å²) in [6, 6.07) is 18.9. The van der Waals surface area contributed by atoms with E-state index in [2.05, 4.69) is 61.0 Å². The van der Waals surface area contributed by atoms with Crippen molar-refractivity contribution < 1.29 is 9.90 Å². The molecule has 1 fully saturated rings. The first kappa shape index (κ1) is 22.6. The van der Waals surface area contributed by atoms with Crippen LogP contribution in [-0.2, 0) is 4.79 Å². The van der Waals surface area contributed by atoms with Crippen LogP contribution in [0.25, 0.3) is 16.3 Å². The number of hydrogen-bond acceptors (Lipinski definition) is 4. The van der Waals surface area contributed by atoms with Gasteiger partial charge in [-0.15, -0.1) is 0 Å². The van der Waals surface area contributed by atoms with Gasteiger partial charge >= 0.3 is 0 Å². The zero-order valence-electron chi connectivity index (χ0n) is 20.0. The number of carbonyl (C=O) groups is 1. The molecule has 2 aliphatic rings. The van der Waals surface area contributed by atoms with E-state index in [0.717, 1.165) is 51.7 Å². The quantitative estimate of drug-likeness (QED) is 0.599. The molecule has 3 atom stereocenters. The number of hydrogen-bond donors (Lipinski definition) is 1. The molecule has 5 rings (SSSR count). The molecule has 0 aliphatic carbocycles. The van der Waals surface area contributed by atoms with Crippen LogP contribution in [-0.4, -0.2) is 51.8 Å². The van der Waals surface area contributed by atoms with E-state index in [1.165, 1.54) is 0 Å². The monoisotopic (exact) mass is 453 g/mol. The summed E-state index contributed by atoms with van der Waals surface area (Å²) in [5.41, 5.74) is 4.91. The van der Waals surface area contributed by atoms with E-state index < -0.39 is 5.92 Å². The first-order valence-electron chi connectivity index (χ1n) is 12.1. The maximum Gasteiger partial charge on any atom is 0.257 e. The molecule has 2 aromatic carbocycles. The Kier molecular flexibility index (Phi) is 6.15. The van der Waals surface area contributed by atoms with Crippen LogP contribution in [0.2, 0.25) is 0 Å². The molecule has 0 spiro atoms. The van der Waals surface area contributed by atoms with Crippen LogP contribution >= 0.6 is 0 Å². The van der Waals surface area contributed by atoms with Gasteiger partial charge < -0.3 is 5.11 Å². The Morgan fingerprint density at radius 3 is 2.47 bits per heavy atom. The van der Waals surface area contributed by atoms with E-state index in [9.17, 15) is 9.90 Å². The van der Waals surface area contributed by atoms with E-state index in [4.69, 9.17) is 4.99 Å². The maximum absolute atomic E-state index is 13.7. The van der Waals surface area contributed by atoms with E-state index in [-0.39, 0.29) is 24.5 Å². The van der Waals surface area contributed by atoms with Crippen molar-refractivity contribution in [3.8, 4) is 0 Å². The van der Waals surface area contributed by atoms with Crippen molar-refractivity contribution in [2.45, 2.75) is 45.2 Å². The standard InChI is InChI=1S/C29H31N3O2/c1-18(2)32-16-24(15-25(32)17-33)28-19(3)26(21-10-12-30-13-11-21)27(29(34)31-28)23-9-8-20-6-4-5-7-22(20)14-23/h4-14,18,24-25,27,33H,15-17H2,1-3H3. The molecule has 0 bridgehead atoms. The molecule has 0 radical (unpaired) electrons. The Balaban J connectivity index is 1.61. The highest BCUT2D eigenvalue weighted by atomic mass is 16.3. The summed E-state index contributed by atoms with van der Waals surface area (Å²) in [6.07, 6.45) is 4.37. The average Bonchev–Trinajstić information content (AvgIpc) is 3.30. The third-order valence-electron chi connectivity index (χ3n) is 7.37. The zero-order valence-corrected chi connectivity index (χ0v) is 20.0. The molecule has 5 nitrogen and oxygen atoms in total. The van der Waals surface area contributed by atoms with Crippen LogP contribution in [0.4, 0.5) is 0 Å². The molecule has 34 heavy (non-hydrogen) atoms. The molecule has 3 aromatic rings. The number of fused-ring (bicyclic) bond motifs is 1. The lowest BCUT2D eigenvalue weighted by Gasteiger charge is -2.29. The van der Waals surface area contributed by atoms with E-state index in [0.29, 0.717) is 6.04 Å². The largest absolute Gasteiger partial charge is 0.395 e. The van der Waals surface area contributed by atoms with Gasteiger partial charge in [0.25, 0.3) is 5.91 Å². The molecular weight excluding hydrogens is 422 g/mol. The fraction of sp³-hybridized carbons (Fsp3) is 0.345. The van der Waals surface area contributed by atoms with Crippen molar-refractivity contribution >= 4 is 28.0 Å². The molecule has 1 saturated heterocycles. The number of benzene rings is 2. The number of likely N-dealkylation sites (tertiary alicyclic amines) is 1. The summed E-state index contributed by atoms with van der Waals surface area (Å²) < 4.78 is 0. The fourth-order valence-corrected chi connectivity index (χ4v) is 5.71. The van der Waals surface area contributed by atoms with Crippen molar-refractivity contribution in [3.05, 3.63) is 83.7 Å². The van der Waals surface area contributed by atoms with Gasteiger partial charge in [-0.25, -0.2) is 4.99 Å². The second-order valence-corrected chi connectivity index (χ2v) is 9.71. The van der Waals surface area contributed by atoms with Gasteiger partial charge in [0.15, 0.2) is 0 Å². The summed E-state index contributed by atoms with van der Waals surface area (Å²) in [6.45, 7) is 7.33. The second kappa shape index (κ2) is 9.24. The number of aliphatic imine (C=N–C) groups is 1. The molecule has 3 unspecified atom stereocenters. The number of pyridine rings is 1.